The highest BCUT2D eigenvalue weighted by Crippen LogP contribution is 2.30. The van der Waals surface area contributed by atoms with Crippen molar-refractivity contribution in [3.63, 3.8) is 0 Å². The first kappa shape index (κ1) is 23.1. The average Bonchev–Trinajstić information content (AvgIpc) is 3.39. The summed E-state index contributed by atoms with van der Waals surface area (Å²) in [6.45, 7) is 4.16. The first-order valence-electron chi connectivity index (χ1n) is 10.4. The number of thioether (sulfide) groups is 1. The molecule has 4 rings (SSSR count). The van der Waals surface area contributed by atoms with Crippen LogP contribution in [0.3, 0.4) is 0 Å². The fraction of sp³-hybridized carbons (Fsp3) is 0.240. The molecule has 4 aromatic rings. The molecule has 170 valence electrons. The Morgan fingerprint density at radius 3 is 2.55 bits per heavy atom. The minimum absolute atomic E-state index is 0.244. The third kappa shape index (κ3) is 6.03. The number of hydrogen-bond acceptors (Lipinski definition) is 8. The van der Waals surface area contributed by atoms with E-state index in [1.165, 1.54) is 12.7 Å². The Bertz CT molecular complexity index is 1220. The van der Waals surface area contributed by atoms with Gasteiger partial charge < -0.3 is 13.9 Å². The SMILES string of the molecule is COC(=O)Cc1sc(SCc2ccc(OCc3nc(-c4ccccc4)oc3C)cc2)nc1C. The number of hydrogen-bond donors (Lipinski definition) is 0. The molecule has 2 aromatic carbocycles. The van der Waals surface area contributed by atoms with Crippen LogP contribution in [0.25, 0.3) is 11.5 Å². The van der Waals surface area contributed by atoms with Gasteiger partial charge in [-0.1, -0.05) is 42.1 Å². The summed E-state index contributed by atoms with van der Waals surface area (Å²) in [5.41, 5.74) is 3.78. The number of thiazole rings is 1. The van der Waals surface area contributed by atoms with Gasteiger partial charge in [0.1, 0.15) is 23.8 Å². The predicted molar refractivity (Wildman–Crippen MR) is 130 cm³/mol. The van der Waals surface area contributed by atoms with Crippen LogP contribution in [-0.2, 0) is 28.3 Å². The summed E-state index contributed by atoms with van der Waals surface area (Å²) in [7, 11) is 1.40. The highest BCUT2D eigenvalue weighted by Gasteiger charge is 2.13. The highest BCUT2D eigenvalue weighted by atomic mass is 32.2. The Labute approximate surface area is 201 Å². The van der Waals surface area contributed by atoms with Crippen LogP contribution in [0.1, 0.15) is 27.6 Å². The molecule has 0 aliphatic rings. The van der Waals surface area contributed by atoms with Crippen LogP contribution in [0.4, 0.5) is 0 Å². The van der Waals surface area contributed by atoms with Gasteiger partial charge in [-0.2, -0.15) is 0 Å². The van der Waals surface area contributed by atoms with E-state index in [1.54, 1.807) is 23.1 Å². The van der Waals surface area contributed by atoms with Gasteiger partial charge in [0.2, 0.25) is 5.89 Å². The number of rotatable bonds is 9. The van der Waals surface area contributed by atoms with E-state index in [0.717, 1.165) is 43.4 Å². The van der Waals surface area contributed by atoms with E-state index in [4.69, 9.17) is 13.9 Å². The third-order valence-corrected chi connectivity index (χ3v) is 7.35. The zero-order valence-electron chi connectivity index (χ0n) is 18.7. The van der Waals surface area contributed by atoms with E-state index in [2.05, 4.69) is 9.97 Å². The molecule has 0 amide bonds. The van der Waals surface area contributed by atoms with Gasteiger partial charge in [-0.05, 0) is 43.7 Å². The molecular formula is C25H24N2O4S2. The van der Waals surface area contributed by atoms with Gasteiger partial charge in [0, 0.05) is 16.2 Å². The molecule has 6 nitrogen and oxygen atoms in total. The molecule has 8 heteroatoms. The van der Waals surface area contributed by atoms with Crippen molar-refractivity contribution >= 4 is 29.1 Å². The van der Waals surface area contributed by atoms with Gasteiger partial charge in [-0.25, -0.2) is 9.97 Å². The van der Waals surface area contributed by atoms with Gasteiger partial charge in [0.05, 0.1) is 19.2 Å². The van der Waals surface area contributed by atoms with E-state index in [1.807, 2.05) is 68.4 Å². The maximum Gasteiger partial charge on any atom is 0.310 e. The van der Waals surface area contributed by atoms with Gasteiger partial charge in [0.25, 0.3) is 0 Å². The molecule has 2 aromatic heterocycles. The fourth-order valence-corrected chi connectivity index (χ4v) is 5.25. The lowest BCUT2D eigenvalue weighted by atomic mass is 10.2. The smallest absolute Gasteiger partial charge is 0.310 e. The molecule has 0 atom stereocenters. The number of oxazole rings is 1. The van der Waals surface area contributed by atoms with Crippen molar-refractivity contribution in [2.24, 2.45) is 0 Å². The molecule has 0 radical (unpaired) electrons. The van der Waals surface area contributed by atoms with Crippen molar-refractivity contribution in [1.29, 1.82) is 0 Å². The highest BCUT2D eigenvalue weighted by molar-refractivity contribution is 8.00. The van der Waals surface area contributed by atoms with Crippen LogP contribution in [0.5, 0.6) is 5.75 Å². The van der Waals surface area contributed by atoms with Crippen molar-refractivity contribution in [3.8, 4) is 17.2 Å². The summed E-state index contributed by atoms with van der Waals surface area (Å²) in [6.07, 6.45) is 0.268. The number of nitrogens with zero attached hydrogens (tertiary/aromatic N) is 2. The van der Waals surface area contributed by atoms with E-state index in [9.17, 15) is 4.79 Å². The lowest BCUT2D eigenvalue weighted by Gasteiger charge is -2.06. The van der Waals surface area contributed by atoms with Crippen LogP contribution in [0.2, 0.25) is 0 Å². The second-order valence-corrected chi connectivity index (χ2v) is 9.66. The maximum absolute atomic E-state index is 11.5. The van der Waals surface area contributed by atoms with Gasteiger partial charge in [-0.3, -0.25) is 4.79 Å². The van der Waals surface area contributed by atoms with Crippen LogP contribution in [-0.4, -0.2) is 23.0 Å². The first-order chi connectivity index (χ1) is 16.0. The van der Waals surface area contributed by atoms with E-state index in [0.29, 0.717) is 12.5 Å². The standard InChI is InChI=1S/C25H24N2O4S2/c1-16-22(13-23(28)29-3)33-25(26-16)32-15-18-9-11-20(12-10-18)30-14-21-17(2)31-24(27-21)19-7-5-4-6-8-19/h4-12H,13-15H2,1-3H3. The summed E-state index contributed by atoms with van der Waals surface area (Å²) >= 11 is 3.20. The number of aromatic nitrogens is 2. The monoisotopic (exact) mass is 480 g/mol. The Hall–Kier alpha value is -3.10. The zero-order valence-corrected chi connectivity index (χ0v) is 20.3. The number of esters is 1. The molecule has 33 heavy (non-hydrogen) atoms. The Morgan fingerprint density at radius 2 is 1.82 bits per heavy atom. The Morgan fingerprint density at radius 1 is 1.06 bits per heavy atom. The van der Waals surface area contributed by atoms with Crippen molar-refractivity contribution in [2.75, 3.05) is 7.11 Å². The number of carbonyl (C=O) groups is 1. The van der Waals surface area contributed by atoms with Crippen LogP contribution in [0.15, 0.2) is 63.4 Å². The second kappa shape index (κ2) is 10.7. The van der Waals surface area contributed by atoms with Crippen molar-refractivity contribution in [2.45, 2.75) is 37.0 Å². The first-order valence-corrected chi connectivity index (χ1v) is 12.2. The molecule has 0 aliphatic carbocycles. The van der Waals surface area contributed by atoms with Gasteiger partial charge in [-0.15, -0.1) is 11.3 Å². The molecule has 0 N–H and O–H groups in total. The lowest BCUT2D eigenvalue weighted by molar-refractivity contribution is -0.139. The van der Waals surface area contributed by atoms with E-state index < -0.39 is 0 Å². The second-order valence-electron chi connectivity index (χ2n) is 7.35. The van der Waals surface area contributed by atoms with Crippen LogP contribution < -0.4 is 4.74 Å². The van der Waals surface area contributed by atoms with Crippen LogP contribution >= 0.6 is 23.1 Å². The number of benzene rings is 2. The van der Waals surface area contributed by atoms with Crippen LogP contribution in [0, 0.1) is 13.8 Å². The average molecular weight is 481 g/mol. The van der Waals surface area contributed by atoms with Gasteiger partial charge in [0.15, 0.2) is 4.34 Å². The number of aryl methyl sites for hydroxylation is 2. The largest absolute Gasteiger partial charge is 0.487 e. The quantitative estimate of drug-likeness (QED) is 0.215. The molecule has 0 bridgehead atoms. The fourth-order valence-electron chi connectivity index (χ4n) is 3.08. The molecule has 0 unspecified atom stereocenters. The molecule has 0 fully saturated rings. The Balaban J connectivity index is 1.31. The predicted octanol–water partition coefficient (Wildman–Crippen LogP) is 6.00. The molecular weight excluding hydrogens is 456 g/mol. The topological polar surface area (TPSA) is 74.5 Å². The molecule has 0 spiro atoms. The Kier molecular flexibility index (Phi) is 7.47. The third-order valence-electron chi connectivity index (χ3n) is 4.98. The minimum Gasteiger partial charge on any atom is -0.487 e. The number of ether oxygens (including phenoxy) is 2. The van der Waals surface area contributed by atoms with Crippen molar-refractivity contribution < 1.29 is 18.7 Å². The summed E-state index contributed by atoms with van der Waals surface area (Å²) < 4.78 is 17.4. The van der Waals surface area contributed by atoms with E-state index in [-0.39, 0.29) is 12.4 Å². The summed E-state index contributed by atoms with van der Waals surface area (Å²) in [5, 5.41) is 0. The normalized spacial score (nSPS) is 10.9. The minimum atomic E-state index is -0.244. The lowest BCUT2D eigenvalue weighted by Crippen LogP contribution is -2.03. The summed E-state index contributed by atoms with van der Waals surface area (Å²) in [5.74, 6) is 2.68. The zero-order chi connectivity index (χ0) is 23.2. The van der Waals surface area contributed by atoms with Crippen molar-refractivity contribution in [1.82, 2.24) is 9.97 Å². The molecule has 0 aliphatic heterocycles. The molecule has 0 saturated carbocycles. The summed E-state index contributed by atoms with van der Waals surface area (Å²) in [4.78, 5) is 21.6. The number of carbonyl (C=O) groups excluding carboxylic acids is 1. The maximum atomic E-state index is 11.5. The molecule has 0 saturated heterocycles. The number of methoxy groups -OCH3 is 1. The molecule has 2 heterocycles. The summed E-state index contributed by atoms with van der Waals surface area (Å²) in [6, 6.07) is 17.8. The van der Waals surface area contributed by atoms with Gasteiger partial charge >= 0.3 is 5.97 Å². The van der Waals surface area contributed by atoms with E-state index >= 15 is 0 Å². The van der Waals surface area contributed by atoms with Crippen molar-refractivity contribution in [3.05, 3.63) is 82.2 Å².